The molecular formula is C30H34N4O3. The highest BCUT2D eigenvalue weighted by molar-refractivity contribution is 5.91. The number of hydrogen-bond donors (Lipinski definition) is 1. The highest BCUT2D eigenvalue weighted by Gasteiger charge is 2.29. The Balaban J connectivity index is 1.86. The van der Waals surface area contributed by atoms with E-state index in [4.69, 9.17) is 9.72 Å². The largest absolute Gasteiger partial charge is 0.495 e. The molecule has 192 valence electrons. The third-order valence-corrected chi connectivity index (χ3v) is 6.52. The zero-order valence-corrected chi connectivity index (χ0v) is 21.9. The summed E-state index contributed by atoms with van der Waals surface area (Å²) in [7, 11) is 1.58. The number of carbonyl (C=O) groups is 1. The molecule has 1 atom stereocenters. The standard InChI is InChI=1S/C30H34N4O3/c1-5-7-20-33(30(36)32-25-14-10-11-15-27(25)37-4)26(6-2)28-31-24-13-9-8-12-23(24)29(35)34(28)22-18-16-21(3)17-19-22/h8-19,26H,5-7,20H2,1-4H3,(H,32,36). The van der Waals surface area contributed by atoms with Crippen LogP contribution >= 0.6 is 0 Å². The van der Waals surface area contributed by atoms with Crippen LogP contribution in [0.1, 0.15) is 50.5 Å². The summed E-state index contributed by atoms with van der Waals surface area (Å²) in [6, 6.07) is 21.8. The summed E-state index contributed by atoms with van der Waals surface area (Å²) in [5.41, 5.74) is 2.88. The molecule has 0 aliphatic heterocycles. The molecule has 2 amide bonds. The van der Waals surface area contributed by atoms with E-state index in [-0.39, 0.29) is 11.6 Å². The topological polar surface area (TPSA) is 76.5 Å². The van der Waals surface area contributed by atoms with Crippen molar-refractivity contribution in [2.24, 2.45) is 0 Å². The first-order chi connectivity index (χ1) is 18.0. The zero-order valence-electron chi connectivity index (χ0n) is 21.9. The number of aryl methyl sites for hydroxylation is 1. The number of anilines is 1. The van der Waals surface area contributed by atoms with Gasteiger partial charge in [0.2, 0.25) is 0 Å². The smallest absolute Gasteiger partial charge is 0.322 e. The monoisotopic (exact) mass is 498 g/mol. The van der Waals surface area contributed by atoms with E-state index in [0.717, 1.165) is 24.1 Å². The lowest BCUT2D eigenvalue weighted by atomic mass is 10.1. The lowest BCUT2D eigenvalue weighted by Crippen LogP contribution is -2.41. The van der Waals surface area contributed by atoms with Gasteiger partial charge in [-0.1, -0.05) is 62.2 Å². The van der Waals surface area contributed by atoms with E-state index < -0.39 is 6.04 Å². The first kappa shape index (κ1) is 25.9. The van der Waals surface area contributed by atoms with Crippen LogP contribution in [0.2, 0.25) is 0 Å². The van der Waals surface area contributed by atoms with Gasteiger partial charge in [0, 0.05) is 6.54 Å². The van der Waals surface area contributed by atoms with Crippen LogP contribution in [0.15, 0.2) is 77.6 Å². The molecule has 0 saturated carbocycles. The SMILES string of the molecule is CCCCN(C(=O)Nc1ccccc1OC)C(CC)c1nc2ccccc2c(=O)n1-c1ccc(C)cc1. The fourth-order valence-electron chi connectivity index (χ4n) is 4.52. The summed E-state index contributed by atoms with van der Waals surface area (Å²) in [4.78, 5) is 34.3. The van der Waals surface area contributed by atoms with E-state index in [1.807, 2.05) is 80.6 Å². The molecule has 0 aliphatic carbocycles. The van der Waals surface area contributed by atoms with Crippen LogP contribution in [-0.2, 0) is 0 Å². The number of amides is 2. The summed E-state index contributed by atoms with van der Waals surface area (Å²) < 4.78 is 7.10. The molecule has 3 aromatic carbocycles. The minimum atomic E-state index is -0.431. The molecule has 1 heterocycles. The fraction of sp³-hybridized carbons (Fsp3) is 0.300. The highest BCUT2D eigenvalue weighted by atomic mass is 16.5. The number of fused-ring (bicyclic) bond motifs is 1. The molecule has 37 heavy (non-hydrogen) atoms. The Bertz CT molecular complexity index is 1430. The molecule has 4 rings (SSSR count). The Hall–Kier alpha value is -4.13. The summed E-state index contributed by atoms with van der Waals surface area (Å²) in [5, 5.41) is 3.56. The zero-order chi connectivity index (χ0) is 26.4. The molecule has 1 N–H and O–H groups in total. The van der Waals surface area contributed by atoms with Crippen LogP contribution in [0.5, 0.6) is 5.75 Å². The van der Waals surface area contributed by atoms with Crippen molar-refractivity contribution in [2.45, 2.75) is 46.1 Å². The van der Waals surface area contributed by atoms with Gasteiger partial charge in [0.25, 0.3) is 5.56 Å². The fourth-order valence-corrected chi connectivity index (χ4v) is 4.52. The number of para-hydroxylation sites is 3. The van der Waals surface area contributed by atoms with Gasteiger partial charge >= 0.3 is 6.03 Å². The number of nitrogens with one attached hydrogen (secondary N) is 1. The molecule has 0 saturated heterocycles. The van der Waals surface area contributed by atoms with Crippen molar-refractivity contribution in [1.29, 1.82) is 0 Å². The van der Waals surface area contributed by atoms with Crippen LogP contribution in [0.25, 0.3) is 16.6 Å². The molecule has 0 spiro atoms. The third-order valence-electron chi connectivity index (χ3n) is 6.52. The maximum absolute atomic E-state index is 13.8. The van der Waals surface area contributed by atoms with E-state index in [2.05, 4.69) is 12.2 Å². The van der Waals surface area contributed by atoms with Crippen molar-refractivity contribution in [3.8, 4) is 11.4 Å². The van der Waals surface area contributed by atoms with Crippen molar-refractivity contribution in [3.05, 3.63) is 94.5 Å². The van der Waals surface area contributed by atoms with E-state index >= 15 is 0 Å². The number of aromatic nitrogens is 2. The van der Waals surface area contributed by atoms with Gasteiger partial charge in [-0.2, -0.15) is 0 Å². The van der Waals surface area contributed by atoms with E-state index in [0.29, 0.717) is 41.1 Å². The second-order valence-electron chi connectivity index (χ2n) is 9.06. The third kappa shape index (κ3) is 5.50. The number of methoxy groups -OCH3 is 1. The second kappa shape index (κ2) is 11.7. The summed E-state index contributed by atoms with van der Waals surface area (Å²) in [6.07, 6.45) is 2.32. The molecule has 7 heteroatoms. The average Bonchev–Trinajstić information content (AvgIpc) is 2.92. The van der Waals surface area contributed by atoms with Gasteiger partial charge in [-0.3, -0.25) is 9.36 Å². The van der Waals surface area contributed by atoms with E-state index in [1.54, 1.807) is 22.6 Å². The maximum Gasteiger partial charge on any atom is 0.322 e. The van der Waals surface area contributed by atoms with Crippen molar-refractivity contribution in [3.63, 3.8) is 0 Å². The lowest BCUT2D eigenvalue weighted by Gasteiger charge is -2.32. The minimum absolute atomic E-state index is 0.150. The summed E-state index contributed by atoms with van der Waals surface area (Å²) >= 11 is 0. The van der Waals surface area contributed by atoms with Crippen LogP contribution in [-0.4, -0.2) is 34.1 Å². The van der Waals surface area contributed by atoms with Gasteiger partial charge in [-0.05, 0) is 56.2 Å². The number of nitrogens with zero attached hydrogens (tertiary/aromatic N) is 3. The average molecular weight is 499 g/mol. The number of rotatable bonds is 9. The summed E-state index contributed by atoms with van der Waals surface area (Å²) in [6.45, 7) is 6.64. The second-order valence-corrected chi connectivity index (χ2v) is 9.06. The van der Waals surface area contributed by atoms with Crippen LogP contribution in [0.4, 0.5) is 10.5 Å². The Kier molecular flexibility index (Phi) is 8.23. The van der Waals surface area contributed by atoms with Crippen molar-refractivity contribution >= 4 is 22.6 Å². The Morgan fingerprint density at radius 3 is 2.43 bits per heavy atom. The van der Waals surface area contributed by atoms with E-state index in [1.165, 1.54) is 0 Å². The van der Waals surface area contributed by atoms with Gasteiger partial charge in [-0.25, -0.2) is 9.78 Å². The molecule has 0 aliphatic rings. The van der Waals surface area contributed by atoms with E-state index in [9.17, 15) is 9.59 Å². The Morgan fingerprint density at radius 2 is 1.73 bits per heavy atom. The highest BCUT2D eigenvalue weighted by Crippen LogP contribution is 2.29. The molecule has 1 aromatic heterocycles. The molecule has 7 nitrogen and oxygen atoms in total. The minimum Gasteiger partial charge on any atom is -0.495 e. The summed E-state index contributed by atoms with van der Waals surface area (Å²) in [5.74, 6) is 1.13. The number of urea groups is 1. The molecule has 0 radical (unpaired) electrons. The Labute approximate surface area is 217 Å². The van der Waals surface area contributed by atoms with Gasteiger partial charge in [0.1, 0.15) is 11.6 Å². The van der Waals surface area contributed by atoms with Gasteiger partial charge in [-0.15, -0.1) is 0 Å². The van der Waals surface area contributed by atoms with Crippen LogP contribution in [0.3, 0.4) is 0 Å². The Morgan fingerprint density at radius 1 is 1.03 bits per heavy atom. The van der Waals surface area contributed by atoms with Crippen molar-refractivity contribution in [1.82, 2.24) is 14.5 Å². The van der Waals surface area contributed by atoms with Crippen LogP contribution in [0, 0.1) is 6.92 Å². The molecule has 1 unspecified atom stereocenters. The number of ether oxygens (including phenoxy) is 1. The predicted molar refractivity (Wildman–Crippen MR) is 149 cm³/mol. The van der Waals surface area contributed by atoms with Gasteiger partial charge in [0.05, 0.1) is 35.4 Å². The molecule has 0 bridgehead atoms. The lowest BCUT2D eigenvalue weighted by molar-refractivity contribution is 0.180. The number of hydrogen-bond acceptors (Lipinski definition) is 4. The number of carbonyl (C=O) groups excluding carboxylic acids is 1. The normalized spacial score (nSPS) is 11.8. The van der Waals surface area contributed by atoms with Crippen LogP contribution < -0.4 is 15.6 Å². The number of unbranched alkanes of at least 4 members (excludes halogenated alkanes) is 1. The molecule has 4 aromatic rings. The van der Waals surface area contributed by atoms with Gasteiger partial charge in [0.15, 0.2) is 0 Å². The van der Waals surface area contributed by atoms with Gasteiger partial charge < -0.3 is 15.0 Å². The number of benzene rings is 3. The van der Waals surface area contributed by atoms with Crippen molar-refractivity contribution < 1.29 is 9.53 Å². The quantitative estimate of drug-likeness (QED) is 0.286. The first-order valence-electron chi connectivity index (χ1n) is 12.8. The maximum atomic E-state index is 13.8. The van der Waals surface area contributed by atoms with Crippen molar-refractivity contribution in [2.75, 3.05) is 19.0 Å². The predicted octanol–water partition coefficient (Wildman–Crippen LogP) is 6.49. The molecular weight excluding hydrogens is 464 g/mol. The molecule has 0 fully saturated rings. The first-order valence-corrected chi connectivity index (χ1v) is 12.8.